The number of amides is 1. The zero-order valence-corrected chi connectivity index (χ0v) is 16.2. The molecule has 7 nitrogen and oxygen atoms in total. The molecule has 1 aliphatic heterocycles. The number of nitrogens with one attached hydrogen (secondary N) is 1. The maximum Gasteiger partial charge on any atom is 0.254 e. The van der Waals surface area contributed by atoms with E-state index in [1.54, 1.807) is 19.5 Å². The second kappa shape index (κ2) is 8.81. The van der Waals surface area contributed by atoms with Gasteiger partial charge in [0.25, 0.3) is 5.91 Å². The average molecular weight is 369 g/mol. The second-order valence-corrected chi connectivity index (χ2v) is 6.71. The van der Waals surface area contributed by atoms with E-state index in [-0.39, 0.29) is 5.91 Å². The highest BCUT2D eigenvalue weighted by atomic mass is 16.5. The lowest BCUT2D eigenvalue weighted by molar-refractivity contribution is 0.0936. The number of hydrogen-bond acceptors (Lipinski definition) is 6. The Morgan fingerprint density at radius 2 is 1.78 bits per heavy atom. The van der Waals surface area contributed by atoms with Gasteiger partial charge in [-0.15, -0.1) is 0 Å². The van der Waals surface area contributed by atoms with Crippen LogP contribution in [-0.2, 0) is 4.74 Å². The van der Waals surface area contributed by atoms with Gasteiger partial charge in [0.2, 0.25) is 5.95 Å². The first-order valence-corrected chi connectivity index (χ1v) is 9.25. The Morgan fingerprint density at radius 1 is 1.11 bits per heavy atom. The Morgan fingerprint density at radius 3 is 2.44 bits per heavy atom. The summed E-state index contributed by atoms with van der Waals surface area (Å²) in [5, 5.41) is 2.77. The van der Waals surface area contributed by atoms with E-state index < -0.39 is 0 Å². The summed E-state index contributed by atoms with van der Waals surface area (Å²) in [6.45, 7) is 8.83. The van der Waals surface area contributed by atoms with Gasteiger partial charge in [0.15, 0.2) is 0 Å². The molecule has 0 spiro atoms. The maximum absolute atomic E-state index is 12.0. The molecule has 0 radical (unpaired) electrons. The molecule has 1 amide bonds. The number of ether oxygens (including phenoxy) is 1. The van der Waals surface area contributed by atoms with Crippen molar-refractivity contribution in [3.63, 3.8) is 0 Å². The van der Waals surface area contributed by atoms with Crippen molar-refractivity contribution in [3.05, 3.63) is 47.3 Å². The van der Waals surface area contributed by atoms with Crippen LogP contribution in [0.4, 0.5) is 11.6 Å². The Bertz CT molecular complexity index is 770. The lowest BCUT2D eigenvalue weighted by atomic mass is 10.1. The van der Waals surface area contributed by atoms with Crippen LogP contribution in [0.1, 0.15) is 21.5 Å². The van der Waals surface area contributed by atoms with E-state index in [9.17, 15) is 4.79 Å². The number of aromatic nitrogens is 2. The van der Waals surface area contributed by atoms with Crippen LogP contribution in [0.25, 0.3) is 0 Å². The first-order chi connectivity index (χ1) is 13.1. The van der Waals surface area contributed by atoms with E-state index in [0.717, 1.165) is 26.2 Å². The highest BCUT2D eigenvalue weighted by molar-refractivity contribution is 5.93. The second-order valence-electron chi connectivity index (χ2n) is 6.71. The molecule has 27 heavy (non-hydrogen) atoms. The van der Waals surface area contributed by atoms with Crippen molar-refractivity contribution in [1.82, 2.24) is 15.3 Å². The van der Waals surface area contributed by atoms with E-state index in [1.165, 1.54) is 16.8 Å². The van der Waals surface area contributed by atoms with Crippen molar-refractivity contribution in [3.8, 4) is 0 Å². The Hall–Kier alpha value is -2.67. The lowest BCUT2D eigenvalue weighted by Gasteiger charge is -2.37. The van der Waals surface area contributed by atoms with Gasteiger partial charge in [0.1, 0.15) is 0 Å². The quantitative estimate of drug-likeness (QED) is 0.783. The summed E-state index contributed by atoms with van der Waals surface area (Å²) in [7, 11) is 1.60. The Labute approximate surface area is 160 Å². The number of piperazine rings is 1. The number of carbonyl (C=O) groups excluding carboxylic acids is 1. The summed E-state index contributed by atoms with van der Waals surface area (Å²) in [6, 6.07) is 6.45. The zero-order chi connectivity index (χ0) is 19.2. The Kier molecular flexibility index (Phi) is 6.24. The number of nitrogens with zero attached hydrogens (tertiary/aromatic N) is 4. The molecule has 0 aliphatic carbocycles. The minimum absolute atomic E-state index is 0.182. The summed E-state index contributed by atoms with van der Waals surface area (Å²) in [5.41, 5.74) is 4.42. The van der Waals surface area contributed by atoms with Crippen LogP contribution in [0.3, 0.4) is 0 Å². The fraction of sp³-hybridized carbons (Fsp3) is 0.450. The predicted octanol–water partition coefficient (Wildman–Crippen LogP) is 1.80. The number of anilines is 2. The van der Waals surface area contributed by atoms with Crippen molar-refractivity contribution < 1.29 is 9.53 Å². The normalized spacial score (nSPS) is 14.3. The Balaban J connectivity index is 1.58. The molecule has 7 heteroatoms. The van der Waals surface area contributed by atoms with Gasteiger partial charge in [-0.1, -0.05) is 12.1 Å². The van der Waals surface area contributed by atoms with Crippen LogP contribution < -0.4 is 15.1 Å². The number of benzene rings is 1. The number of methoxy groups -OCH3 is 1. The molecule has 0 saturated carbocycles. The average Bonchev–Trinajstić information content (AvgIpc) is 2.70. The minimum Gasteiger partial charge on any atom is -0.383 e. The summed E-state index contributed by atoms with van der Waals surface area (Å²) < 4.78 is 4.92. The summed E-state index contributed by atoms with van der Waals surface area (Å²) in [4.78, 5) is 25.3. The van der Waals surface area contributed by atoms with Crippen LogP contribution >= 0.6 is 0 Å². The molecule has 0 unspecified atom stereocenters. The molecule has 2 heterocycles. The molecule has 3 rings (SSSR count). The molecular formula is C20H27N5O2. The van der Waals surface area contributed by atoms with Gasteiger partial charge in [0.05, 0.1) is 12.2 Å². The maximum atomic E-state index is 12.0. The monoisotopic (exact) mass is 369 g/mol. The predicted molar refractivity (Wildman–Crippen MR) is 107 cm³/mol. The molecule has 1 N–H and O–H groups in total. The highest BCUT2D eigenvalue weighted by Gasteiger charge is 2.20. The number of hydrogen-bond donors (Lipinski definition) is 1. The molecular weight excluding hydrogens is 342 g/mol. The molecule has 1 fully saturated rings. The van der Waals surface area contributed by atoms with Gasteiger partial charge in [0, 0.05) is 57.9 Å². The number of rotatable bonds is 6. The molecule has 1 aromatic heterocycles. The summed E-state index contributed by atoms with van der Waals surface area (Å²) in [5.74, 6) is 0.488. The topological polar surface area (TPSA) is 70.6 Å². The van der Waals surface area contributed by atoms with Crippen molar-refractivity contribution in [2.24, 2.45) is 0 Å². The van der Waals surface area contributed by atoms with Crippen molar-refractivity contribution in [2.45, 2.75) is 13.8 Å². The first kappa shape index (κ1) is 19.1. The van der Waals surface area contributed by atoms with Crippen LogP contribution in [0.2, 0.25) is 0 Å². The van der Waals surface area contributed by atoms with Gasteiger partial charge in [-0.05, 0) is 31.0 Å². The minimum atomic E-state index is -0.182. The lowest BCUT2D eigenvalue weighted by Crippen LogP contribution is -2.47. The third-order valence-electron chi connectivity index (χ3n) is 4.97. The fourth-order valence-electron chi connectivity index (χ4n) is 3.20. The molecule has 2 aromatic rings. The molecule has 1 aromatic carbocycles. The molecule has 0 atom stereocenters. The highest BCUT2D eigenvalue weighted by Crippen LogP contribution is 2.24. The third-order valence-corrected chi connectivity index (χ3v) is 4.97. The van der Waals surface area contributed by atoms with Crippen LogP contribution in [0.5, 0.6) is 0 Å². The summed E-state index contributed by atoms with van der Waals surface area (Å²) >= 11 is 0. The fourth-order valence-corrected chi connectivity index (χ4v) is 3.20. The third kappa shape index (κ3) is 4.54. The largest absolute Gasteiger partial charge is 0.383 e. The van der Waals surface area contributed by atoms with Gasteiger partial charge in [-0.2, -0.15) is 0 Å². The van der Waals surface area contributed by atoms with Gasteiger partial charge < -0.3 is 19.9 Å². The van der Waals surface area contributed by atoms with E-state index in [2.05, 4.69) is 57.1 Å². The number of aryl methyl sites for hydroxylation is 1. The van der Waals surface area contributed by atoms with Crippen molar-refractivity contribution in [2.75, 3.05) is 56.2 Å². The smallest absolute Gasteiger partial charge is 0.254 e. The van der Waals surface area contributed by atoms with E-state index in [0.29, 0.717) is 24.7 Å². The zero-order valence-electron chi connectivity index (χ0n) is 16.2. The molecule has 1 aliphatic rings. The molecule has 0 bridgehead atoms. The molecule has 144 valence electrons. The van der Waals surface area contributed by atoms with Crippen molar-refractivity contribution >= 4 is 17.5 Å². The van der Waals surface area contributed by atoms with Crippen LogP contribution in [0, 0.1) is 13.8 Å². The van der Waals surface area contributed by atoms with Gasteiger partial charge >= 0.3 is 0 Å². The van der Waals surface area contributed by atoms with E-state index >= 15 is 0 Å². The first-order valence-electron chi connectivity index (χ1n) is 9.25. The van der Waals surface area contributed by atoms with Crippen LogP contribution in [-0.4, -0.2) is 62.3 Å². The standard InChI is InChI=1S/C20H27N5O2/c1-15-5-4-6-18(16(15)2)24-8-10-25(11-9-24)20-22-13-17(14-23-20)19(26)21-7-12-27-3/h4-6,13-14H,7-12H2,1-3H3,(H,21,26). The summed E-state index contributed by atoms with van der Waals surface area (Å²) in [6.07, 6.45) is 3.17. The van der Waals surface area contributed by atoms with Gasteiger partial charge in [-0.25, -0.2) is 9.97 Å². The van der Waals surface area contributed by atoms with Crippen LogP contribution in [0.15, 0.2) is 30.6 Å². The number of carbonyl (C=O) groups is 1. The van der Waals surface area contributed by atoms with Crippen molar-refractivity contribution in [1.29, 1.82) is 0 Å². The van der Waals surface area contributed by atoms with Gasteiger partial charge in [-0.3, -0.25) is 4.79 Å². The van der Waals surface area contributed by atoms with E-state index in [1.807, 2.05) is 0 Å². The van der Waals surface area contributed by atoms with E-state index in [4.69, 9.17) is 4.74 Å². The SMILES string of the molecule is COCCNC(=O)c1cnc(N2CCN(c3cccc(C)c3C)CC2)nc1. The molecule has 1 saturated heterocycles.